The lowest BCUT2D eigenvalue weighted by Crippen LogP contribution is -1.96. The maximum atomic E-state index is 2.44. The molecule has 0 aliphatic carbocycles. The van der Waals surface area contributed by atoms with Gasteiger partial charge in [0.2, 0.25) is 0 Å². The first-order valence-corrected chi connectivity index (χ1v) is 39.7. The van der Waals surface area contributed by atoms with Crippen LogP contribution in [-0.2, 0) is 0 Å². The zero-order valence-electron chi connectivity index (χ0n) is 63.0. The molecule has 536 valence electrons. The number of hydrogen-bond acceptors (Lipinski definition) is 1. The van der Waals surface area contributed by atoms with Crippen molar-refractivity contribution in [3.8, 4) is 34.1 Å². The number of thiophene rings is 1. The molecule has 6 nitrogen and oxygen atoms in total. The van der Waals surface area contributed by atoms with Crippen molar-refractivity contribution in [1.82, 2.24) is 27.4 Å². The molecule has 7 aromatic heterocycles. The van der Waals surface area contributed by atoms with Crippen LogP contribution in [0.4, 0.5) is 0 Å². The molecule has 0 saturated carbocycles. The molecular weight excluding hydrogens is 1390 g/mol. The standard InChI is InChI=1S/2C31H22N2.C25H17NS.C19H15N/c1-21-9-8-10-22(19-21)32-30-16-7-4-13-26(30)27-20-23(17-18-31(27)32)33-28-14-5-2-11-24(28)25-12-3-6-15-29(25)33;1-21-14-16-22(17-15-21)32-30-13-7-4-10-26(30)27-20-23(18-19-31(27)32)33-28-11-5-2-8-24(28)25-9-3-6-12-29(25)33;1-16-13-14-18-17-7-2-4-10-21(17)26(23(18)15-16)22-11-6-9-20-19-8-3-5-12-24(19)27-25(20)22;1-14-11-12-17-16-9-5-6-10-18(16)20(19(17)13-14)15-7-3-2-4-8-15/h2*2-20H,1H3;2-15H,1H3;2-13H,1H3. The van der Waals surface area contributed by atoms with Crippen LogP contribution in [0.2, 0.25) is 0 Å². The molecule has 7 heterocycles. The second-order valence-electron chi connectivity index (χ2n) is 29.9. The van der Waals surface area contributed by atoms with Gasteiger partial charge in [0.25, 0.3) is 0 Å². The first-order chi connectivity index (χ1) is 55.7. The van der Waals surface area contributed by atoms with Crippen LogP contribution in [0.25, 0.3) is 185 Å². The molecule has 0 bridgehead atoms. The third-order valence-corrected chi connectivity index (χ3v) is 24.0. The topological polar surface area (TPSA) is 29.6 Å². The molecule has 0 saturated heterocycles. The van der Waals surface area contributed by atoms with Gasteiger partial charge in [-0.25, -0.2) is 0 Å². The number of aryl methyl sites for hydroxylation is 4. The van der Waals surface area contributed by atoms with E-state index in [2.05, 4.69) is 443 Å². The number of hydrogen-bond donors (Lipinski definition) is 0. The zero-order chi connectivity index (χ0) is 75.4. The SMILES string of the molecule is Cc1ccc(-n2c3ccccc3c3cc(-n4c5ccccc5c5ccccc54)ccc32)cc1.Cc1ccc2c3ccccc3n(-c3cccc4c3sc3ccccc34)c2c1.Cc1ccc2c3ccccc3n(-c3ccccc3)c2c1.Cc1cccc(-n2c3ccccc3c3cc(-n4c5ccccc5c5ccccc54)ccc32)c1. The van der Waals surface area contributed by atoms with Gasteiger partial charge in [-0.05, 0) is 190 Å². The van der Waals surface area contributed by atoms with E-state index in [9.17, 15) is 0 Å². The van der Waals surface area contributed by atoms with Crippen LogP contribution in [0, 0.1) is 27.7 Å². The highest BCUT2D eigenvalue weighted by molar-refractivity contribution is 7.26. The highest BCUT2D eigenvalue weighted by Gasteiger charge is 2.21. The van der Waals surface area contributed by atoms with Gasteiger partial charge in [0.05, 0.1) is 76.6 Å². The number of fused-ring (bicyclic) bond motifs is 21. The molecule has 0 amide bonds. The summed E-state index contributed by atoms with van der Waals surface area (Å²) in [7, 11) is 0. The maximum absolute atomic E-state index is 2.44. The third kappa shape index (κ3) is 11.2. The Kier molecular flexibility index (Phi) is 16.2. The second-order valence-corrected chi connectivity index (χ2v) is 30.9. The molecule has 0 aliphatic heterocycles. The minimum atomic E-state index is 1.19. The van der Waals surface area contributed by atoms with Gasteiger partial charge in [0.1, 0.15) is 0 Å². The first kappa shape index (κ1) is 66.9. The fourth-order valence-electron chi connectivity index (χ4n) is 17.8. The van der Waals surface area contributed by atoms with Crippen LogP contribution >= 0.6 is 11.3 Å². The number of para-hydroxylation sites is 9. The monoisotopic (exact) mass is 1460 g/mol. The van der Waals surface area contributed by atoms with Gasteiger partial charge in [-0.15, -0.1) is 11.3 Å². The Labute approximate surface area is 657 Å². The molecule has 0 radical (unpaired) electrons. The highest BCUT2D eigenvalue weighted by atomic mass is 32.1. The molecule has 17 aromatic carbocycles. The fourth-order valence-corrected chi connectivity index (χ4v) is 19.0. The fraction of sp³-hybridized carbons (Fsp3) is 0.0377. The van der Waals surface area contributed by atoms with Gasteiger partial charge in [0.15, 0.2) is 0 Å². The van der Waals surface area contributed by atoms with Crippen molar-refractivity contribution in [2.45, 2.75) is 27.7 Å². The number of rotatable bonds is 6. The molecule has 7 heteroatoms. The quantitative estimate of drug-likeness (QED) is 0.159. The Morgan fingerprint density at radius 3 is 0.885 bits per heavy atom. The van der Waals surface area contributed by atoms with Crippen molar-refractivity contribution in [2.24, 2.45) is 0 Å². The predicted octanol–water partition coefficient (Wildman–Crippen LogP) is 28.9. The van der Waals surface area contributed by atoms with Crippen molar-refractivity contribution in [3.63, 3.8) is 0 Å². The number of benzene rings is 17. The smallest absolute Gasteiger partial charge is 0.0640 e. The van der Waals surface area contributed by atoms with E-state index in [-0.39, 0.29) is 0 Å². The van der Waals surface area contributed by atoms with E-state index in [1.165, 1.54) is 207 Å². The van der Waals surface area contributed by atoms with Gasteiger partial charge >= 0.3 is 0 Å². The summed E-state index contributed by atoms with van der Waals surface area (Å²) in [5, 5.41) is 18.2. The van der Waals surface area contributed by atoms with E-state index in [0.29, 0.717) is 0 Å². The Balaban J connectivity index is 0.0000000964. The van der Waals surface area contributed by atoms with Gasteiger partial charge in [-0.3, -0.25) is 0 Å². The lowest BCUT2D eigenvalue weighted by atomic mass is 10.1. The van der Waals surface area contributed by atoms with Gasteiger partial charge in [-0.2, -0.15) is 0 Å². The summed E-state index contributed by atoms with van der Waals surface area (Å²) in [5.41, 5.74) is 27.3. The van der Waals surface area contributed by atoms with E-state index < -0.39 is 0 Å². The molecule has 0 fully saturated rings. The Morgan fingerprint density at radius 1 is 0.159 bits per heavy atom. The average Bonchev–Trinajstić information content (AvgIpc) is 1.59. The summed E-state index contributed by atoms with van der Waals surface area (Å²) in [4.78, 5) is 0. The molecule has 0 spiro atoms. The normalized spacial score (nSPS) is 11.7. The molecule has 113 heavy (non-hydrogen) atoms. The summed E-state index contributed by atoms with van der Waals surface area (Å²) in [6, 6.07) is 140. The van der Waals surface area contributed by atoms with Crippen molar-refractivity contribution < 1.29 is 0 Å². The van der Waals surface area contributed by atoms with Crippen LogP contribution < -0.4 is 0 Å². The molecule has 0 unspecified atom stereocenters. The molecule has 24 rings (SSSR count). The Morgan fingerprint density at radius 2 is 0.442 bits per heavy atom. The van der Waals surface area contributed by atoms with E-state index in [4.69, 9.17) is 0 Å². The van der Waals surface area contributed by atoms with Crippen molar-refractivity contribution in [3.05, 3.63) is 411 Å². The minimum Gasteiger partial charge on any atom is -0.309 e. The van der Waals surface area contributed by atoms with Gasteiger partial charge < -0.3 is 27.4 Å². The molecule has 0 aliphatic rings. The van der Waals surface area contributed by atoms with Gasteiger partial charge in [0, 0.05) is 109 Å². The van der Waals surface area contributed by atoms with Crippen molar-refractivity contribution in [1.29, 1.82) is 0 Å². The van der Waals surface area contributed by atoms with Crippen LogP contribution in [0.3, 0.4) is 0 Å². The van der Waals surface area contributed by atoms with Crippen molar-refractivity contribution >= 4 is 162 Å². The lowest BCUT2D eigenvalue weighted by molar-refractivity contribution is 1.16. The molecular formula is C106H76N6S. The van der Waals surface area contributed by atoms with Crippen LogP contribution in [0.1, 0.15) is 22.3 Å². The Hall–Kier alpha value is -14.2. The summed E-state index contributed by atoms with van der Waals surface area (Å²) < 4.78 is 17.0. The van der Waals surface area contributed by atoms with E-state index in [1.54, 1.807) is 0 Å². The minimum absolute atomic E-state index is 1.19. The van der Waals surface area contributed by atoms with E-state index in [1.807, 2.05) is 11.3 Å². The van der Waals surface area contributed by atoms with E-state index >= 15 is 0 Å². The molecule has 0 N–H and O–H groups in total. The third-order valence-electron chi connectivity index (χ3n) is 22.8. The summed E-state index contributed by atoms with van der Waals surface area (Å²) in [6.07, 6.45) is 0. The number of aromatic nitrogens is 6. The van der Waals surface area contributed by atoms with Gasteiger partial charge in [-0.1, -0.05) is 248 Å². The second kappa shape index (κ2) is 27.4. The maximum Gasteiger partial charge on any atom is 0.0640 e. The van der Waals surface area contributed by atoms with Crippen LogP contribution in [0.5, 0.6) is 0 Å². The van der Waals surface area contributed by atoms with Crippen LogP contribution in [-0.4, -0.2) is 27.4 Å². The highest BCUT2D eigenvalue weighted by Crippen LogP contribution is 2.44. The first-order valence-electron chi connectivity index (χ1n) is 38.9. The summed E-state index contributed by atoms with van der Waals surface area (Å²) in [5.74, 6) is 0. The predicted molar refractivity (Wildman–Crippen MR) is 484 cm³/mol. The molecule has 0 atom stereocenters. The summed E-state index contributed by atoms with van der Waals surface area (Å²) in [6.45, 7) is 8.60. The largest absolute Gasteiger partial charge is 0.309 e. The summed E-state index contributed by atoms with van der Waals surface area (Å²) >= 11 is 1.89. The number of nitrogens with zero attached hydrogens (tertiary/aromatic N) is 6. The average molecular weight is 1470 g/mol. The van der Waals surface area contributed by atoms with E-state index in [0.717, 1.165) is 0 Å². The van der Waals surface area contributed by atoms with Crippen LogP contribution in [0.15, 0.2) is 388 Å². The Bertz CT molecular complexity index is 7760. The zero-order valence-corrected chi connectivity index (χ0v) is 63.9. The molecule has 24 aromatic rings. The van der Waals surface area contributed by atoms with Crippen molar-refractivity contribution in [2.75, 3.05) is 0 Å². The lowest BCUT2D eigenvalue weighted by Gasteiger charge is -2.10.